The van der Waals surface area contributed by atoms with E-state index in [0.29, 0.717) is 5.56 Å². The summed E-state index contributed by atoms with van der Waals surface area (Å²) in [6.07, 6.45) is 0. The molecule has 0 spiro atoms. The largest absolute Gasteiger partial charge is 0.195 e. The summed E-state index contributed by atoms with van der Waals surface area (Å²) >= 11 is 6.42. The van der Waals surface area contributed by atoms with Crippen LogP contribution in [0.4, 0.5) is 4.39 Å². The first-order valence-electron chi connectivity index (χ1n) is 2.12. The Morgan fingerprint density at radius 2 is 2.50 bits per heavy atom. The molecule has 0 aliphatic heterocycles. The smallest absolute Gasteiger partial charge is 0.180 e. The van der Waals surface area contributed by atoms with Crippen LogP contribution in [0.25, 0.3) is 0 Å². The molecule has 0 aliphatic carbocycles. The van der Waals surface area contributed by atoms with Crippen LogP contribution in [0.5, 0.6) is 0 Å². The van der Waals surface area contributed by atoms with Gasteiger partial charge >= 0.3 is 0 Å². The molecule has 0 bridgehead atoms. The number of thiophene rings is 1. The van der Waals surface area contributed by atoms with Gasteiger partial charge in [0, 0.05) is 5.56 Å². The molecule has 0 saturated heterocycles. The van der Waals surface area contributed by atoms with Crippen LogP contribution in [0, 0.1) is 5.13 Å². The fourth-order valence-corrected chi connectivity index (χ4v) is 1.34. The van der Waals surface area contributed by atoms with E-state index >= 15 is 0 Å². The topological polar surface area (TPSA) is 0 Å². The van der Waals surface area contributed by atoms with Crippen molar-refractivity contribution in [1.82, 2.24) is 0 Å². The van der Waals surface area contributed by atoms with Crippen molar-refractivity contribution in [2.45, 2.75) is 5.88 Å². The highest BCUT2D eigenvalue weighted by Gasteiger charge is 1.98. The van der Waals surface area contributed by atoms with Crippen molar-refractivity contribution in [3.63, 3.8) is 0 Å². The molecule has 0 fully saturated rings. The van der Waals surface area contributed by atoms with Gasteiger partial charge in [-0.2, -0.15) is 4.39 Å². The van der Waals surface area contributed by atoms with Crippen molar-refractivity contribution in [3.8, 4) is 0 Å². The molecule has 1 rings (SSSR count). The van der Waals surface area contributed by atoms with Crippen molar-refractivity contribution in [2.75, 3.05) is 0 Å². The molecular formula is C5H4ClFS. The van der Waals surface area contributed by atoms with Crippen molar-refractivity contribution in [1.29, 1.82) is 0 Å². The Bertz CT molecular complexity index is 173. The van der Waals surface area contributed by atoms with Crippen LogP contribution in [0.1, 0.15) is 5.56 Å². The lowest BCUT2D eigenvalue weighted by molar-refractivity contribution is 0.647. The molecule has 0 unspecified atom stereocenters. The number of hydrogen-bond acceptors (Lipinski definition) is 1. The molecule has 0 aromatic carbocycles. The quantitative estimate of drug-likeness (QED) is 0.540. The Balaban J connectivity index is 2.92. The maximum Gasteiger partial charge on any atom is 0.180 e. The number of alkyl halides is 1. The van der Waals surface area contributed by atoms with Crippen LogP contribution < -0.4 is 0 Å². The van der Waals surface area contributed by atoms with Gasteiger partial charge in [-0.25, -0.2) is 0 Å². The molecule has 44 valence electrons. The minimum atomic E-state index is -0.167. The maximum absolute atomic E-state index is 12.3. The van der Waals surface area contributed by atoms with Gasteiger partial charge in [0.05, 0.1) is 5.88 Å². The molecule has 1 aromatic heterocycles. The summed E-state index contributed by atoms with van der Waals surface area (Å²) < 4.78 is 12.3. The Morgan fingerprint density at radius 1 is 1.75 bits per heavy atom. The molecular weight excluding hydrogens is 147 g/mol. The summed E-state index contributed by atoms with van der Waals surface area (Å²) in [5, 5.41) is 1.52. The van der Waals surface area contributed by atoms with E-state index < -0.39 is 0 Å². The first kappa shape index (κ1) is 6.05. The number of halogens is 2. The second-order valence-electron chi connectivity index (χ2n) is 1.35. The standard InChI is InChI=1S/C5H4ClFS/c6-3-4-1-2-8-5(4)7/h1-2H,3H2. The van der Waals surface area contributed by atoms with Gasteiger partial charge in [-0.3, -0.25) is 0 Å². The van der Waals surface area contributed by atoms with Gasteiger partial charge in [-0.1, -0.05) is 0 Å². The van der Waals surface area contributed by atoms with Crippen LogP contribution in [0.15, 0.2) is 11.4 Å². The van der Waals surface area contributed by atoms with Crippen LogP contribution in [0.2, 0.25) is 0 Å². The highest BCUT2D eigenvalue weighted by molar-refractivity contribution is 7.08. The lowest BCUT2D eigenvalue weighted by Crippen LogP contribution is -1.72. The first-order valence-corrected chi connectivity index (χ1v) is 3.54. The first-order chi connectivity index (χ1) is 3.84. The molecule has 0 amide bonds. The Labute approximate surface area is 55.9 Å². The molecule has 1 aromatic rings. The average molecular weight is 151 g/mol. The average Bonchev–Trinajstić information content (AvgIpc) is 2.14. The zero-order valence-corrected chi connectivity index (χ0v) is 5.60. The lowest BCUT2D eigenvalue weighted by atomic mass is 10.4. The molecule has 0 N–H and O–H groups in total. The fourth-order valence-electron chi connectivity index (χ4n) is 0.414. The minimum Gasteiger partial charge on any atom is -0.195 e. The van der Waals surface area contributed by atoms with E-state index in [9.17, 15) is 4.39 Å². The summed E-state index contributed by atoms with van der Waals surface area (Å²) in [5.41, 5.74) is 0.594. The van der Waals surface area contributed by atoms with Crippen LogP contribution in [-0.4, -0.2) is 0 Å². The normalized spacial score (nSPS) is 9.75. The molecule has 0 aliphatic rings. The third-order valence-corrected chi connectivity index (χ3v) is 1.87. The van der Waals surface area contributed by atoms with E-state index in [-0.39, 0.29) is 11.0 Å². The fraction of sp³-hybridized carbons (Fsp3) is 0.200. The van der Waals surface area contributed by atoms with Crippen molar-refractivity contribution in [3.05, 3.63) is 22.1 Å². The summed E-state index contributed by atoms with van der Waals surface area (Å²) in [6.45, 7) is 0. The summed E-state index contributed by atoms with van der Waals surface area (Å²) in [7, 11) is 0. The van der Waals surface area contributed by atoms with Crippen molar-refractivity contribution in [2.24, 2.45) is 0 Å². The van der Waals surface area contributed by atoms with Crippen LogP contribution >= 0.6 is 22.9 Å². The predicted octanol–water partition coefficient (Wildman–Crippen LogP) is 2.63. The van der Waals surface area contributed by atoms with Crippen LogP contribution in [0.3, 0.4) is 0 Å². The van der Waals surface area contributed by atoms with Gasteiger partial charge in [0.25, 0.3) is 0 Å². The molecule has 0 radical (unpaired) electrons. The van der Waals surface area contributed by atoms with E-state index in [1.807, 2.05) is 0 Å². The molecule has 3 heteroatoms. The van der Waals surface area contributed by atoms with Crippen molar-refractivity contribution >= 4 is 22.9 Å². The van der Waals surface area contributed by atoms with E-state index in [4.69, 9.17) is 11.6 Å². The SMILES string of the molecule is Fc1sccc1CCl. The summed E-state index contributed by atoms with van der Waals surface area (Å²) in [6, 6.07) is 1.69. The lowest BCUT2D eigenvalue weighted by Gasteiger charge is -1.82. The third-order valence-electron chi connectivity index (χ3n) is 0.837. The van der Waals surface area contributed by atoms with Gasteiger partial charge in [0.1, 0.15) is 0 Å². The summed E-state index contributed by atoms with van der Waals surface area (Å²) in [4.78, 5) is 0. The second-order valence-corrected chi connectivity index (χ2v) is 2.49. The highest BCUT2D eigenvalue weighted by atomic mass is 35.5. The zero-order chi connectivity index (χ0) is 5.98. The van der Waals surface area contributed by atoms with Gasteiger partial charge in [0.15, 0.2) is 5.13 Å². The van der Waals surface area contributed by atoms with Crippen LogP contribution in [-0.2, 0) is 5.88 Å². The zero-order valence-electron chi connectivity index (χ0n) is 4.03. The van der Waals surface area contributed by atoms with Gasteiger partial charge < -0.3 is 0 Å². The van der Waals surface area contributed by atoms with E-state index in [1.165, 1.54) is 0 Å². The molecule has 8 heavy (non-hydrogen) atoms. The van der Waals surface area contributed by atoms with Gasteiger partial charge in [0.2, 0.25) is 0 Å². The van der Waals surface area contributed by atoms with Crippen molar-refractivity contribution < 1.29 is 4.39 Å². The van der Waals surface area contributed by atoms with E-state index in [0.717, 1.165) is 11.3 Å². The molecule has 0 nitrogen and oxygen atoms in total. The van der Waals surface area contributed by atoms with Gasteiger partial charge in [-0.05, 0) is 11.4 Å². The Hall–Kier alpha value is -0.0800. The monoisotopic (exact) mass is 150 g/mol. The molecule has 0 atom stereocenters. The Morgan fingerprint density at radius 3 is 2.75 bits per heavy atom. The molecule has 0 saturated carbocycles. The maximum atomic E-state index is 12.3. The highest BCUT2D eigenvalue weighted by Crippen LogP contribution is 2.15. The van der Waals surface area contributed by atoms with Gasteiger partial charge in [-0.15, -0.1) is 22.9 Å². The second kappa shape index (κ2) is 2.46. The van der Waals surface area contributed by atoms with E-state index in [2.05, 4.69) is 0 Å². The number of hydrogen-bond donors (Lipinski definition) is 0. The molecule has 1 heterocycles. The summed E-state index contributed by atoms with van der Waals surface area (Å²) in [5.74, 6) is 0.273. The van der Waals surface area contributed by atoms with E-state index in [1.54, 1.807) is 11.4 Å². The third kappa shape index (κ3) is 1.01. The predicted molar refractivity (Wildman–Crippen MR) is 33.8 cm³/mol. The Kier molecular flexibility index (Phi) is 1.86. The minimum absolute atomic E-state index is 0.167. The number of rotatable bonds is 1.